The summed E-state index contributed by atoms with van der Waals surface area (Å²) in [5.41, 5.74) is 0.147. The van der Waals surface area contributed by atoms with Gasteiger partial charge in [0.05, 0.1) is 31.8 Å². The van der Waals surface area contributed by atoms with Gasteiger partial charge >= 0.3 is 0 Å². The van der Waals surface area contributed by atoms with E-state index in [-0.39, 0.29) is 17.1 Å². The van der Waals surface area contributed by atoms with E-state index in [9.17, 15) is 15.0 Å². The van der Waals surface area contributed by atoms with Crippen molar-refractivity contribution in [2.75, 3.05) is 14.2 Å². The molecule has 0 saturated heterocycles. The SMILES string of the molecule is COC1=CC(O)C(C(=O)c2ccc(OC)cc2O)C=C1. The van der Waals surface area contributed by atoms with E-state index in [0.717, 1.165) is 0 Å². The van der Waals surface area contributed by atoms with E-state index in [1.807, 2.05) is 0 Å². The molecule has 2 atom stereocenters. The lowest BCUT2D eigenvalue weighted by molar-refractivity contribution is 0.0827. The Balaban J connectivity index is 2.25. The third-order valence-electron chi connectivity index (χ3n) is 3.18. The topological polar surface area (TPSA) is 76.0 Å². The minimum absolute atomic E-state index is 0.147. The van der Waals surface area contributed by atoms with E-state index in [2.05, 4.69) is 0 Å². The van der Waals surface area contributed by atoms with Crippen LogP contribution in [0.5, 0.6) is 11.5 Å². The highest BCUT2D eigenvalue weighted by molar-refractivity contribution is 6.02. The van der Waals surface area contributed by atoms with Gasteiger partial charge in [0.1, 0.15) is 17.3 Å². The molecule has 0 aromatic heterocycles. The molecule has 1 aromatic rings. The molecule has 0 bridgehead atoms. The predicted molar refractivity (Wildman–Crippen MR) is 72.7 cm³/mol. The molecule has 2 unspecified atom stereocenters. The number of aliphatic hydroxyl groups excluding tert-OH is 1. The van der Waals surface area contributed by atoms with Crippen molar-refractivity contribution < 1.29 is 24.5 Å². The van der Waals surface area contributed by atoms with Crippen LogP contribution in [-0.2, 0) is 4.74 Å². The maximum atomic E-state index is 12.3. The Morgan fingerprint density at radius 3 is 2.55 bits per heavy atom. The summed E-state index contributed by atoms with van der Waals surface area (Å²) in [6, 6.07) is 4.43. The van der Waals surface area contributed by atoms with Crippen molar-refractivity contribution in [3.8, 4) is 11.5 Å². The molecule has 2 rings (SSSR count). The fourth-order valence-electron chi connectivity index (χ4n) is 2.04. The summed E-state index contributed by atoms with van der Waals surface area (Å²) >= 11 is 0. The molecular weight excluding hydrogens is 260 g/mol. The van der Waals surface area contributed by atoms with Crippen LogP contribution in [0.1, 0.15) is 10.4 Å². The molecule has 0 heterocycles. The Labute approximate surface area is 116 Å². The van der Waals surface area contributed by atoms with E-state index >= 15 is 0 Å². The number of aliphatic hydroxyl groups is 1. The number of ether oxygens (including phenoxy) is 2. The van der Waals surface area contributed by atoms with Crippen LogP contribution in [0, 0.1) is 5.92 Å². The zero-order chi connectivity index (χ0) is 14.7. The number of hydrogen-bond acceptors (Lipinski definition) is 5. The van der Waals surface area contributed by atoms with Crippen LogP contribution in [0.3, 0.4) is 0 Å². The number of aromatic hydroxyl groups is 1. The number of allylic oxidation sites excluding steroid dienone is 1. The van der Waals surface area contributed by atoms with Gasteiger partial charge in [-0.3, -0.25) is 4.79 Å². The molecule has 5 heteroatoms. The molecule has 0 saturated carbocycles. The quantitative estimate of drug-likeness (QED) is 0.818. The van der Waals surface area contributed by atoms with Crippen LogP contribution >= 0.6 is 0 Å². The molecule has 0 radical (unpaired) electrons. The molecule has 106 valence electrons. The number of benzene rings is 1. The summed E-state index contributed by atoms with van der Waals surface area (Å²) in [6.07, 6.45) is 3.66. The van der Waals surface area contributed by atoms with E-state index in [1.165, 1.54) is 32.4 Å². The van der Waals surface area contributed by atoms with Crippen LogP contribution in [0.15, 0.2) is 42.2 Å². The Morgan fingerprint density at radius 1 is 1.25 bits per heavy atom. The molecule has 0 spiro atoms. The van der Waals surface area contributed by atoms with Crippen molar-refractivity contribution in [3.63, 3.8) is 0 Å². The molecule has 2 N–H and O–H groups in total. The zero-order valence-corrected chi connectivity index (χ0v) is 11.2. The van der Waals surface area contributed by atoms with Crippen molar-refractivity contribution in [3.05, 3.63) is 47.7 Å². The average Bonchev–Trinajstić information content (AvgIpc) is 2.46. The van der Waals surface area contributed by atoms with Crippen LogP contribution in [0.2, 0.25) is 0 Å². The van der Waals surface area contributed by atoms with Gasteiger partial charge in [-0.05, 0) is 24.3 Å². The summed E-state index contributed by atoms with van der Waals surface area (Å²) in [5.74, 6) is -0.314. The average molecular weight is 276 g/mol. The largest absolute Gasteiger partial charge is 0.507 e. The maximum Gasteiger partial charge on any atom is 0.176 e. The summed E-state index contributed by atoms with van der Waals surface area (Å²) < 4.78 is 9.95. The maximum absolute atomic E-state index is 12.3. The number of carbonyl (C=O) groups excluding carboxylic acids is 1. The summed E-state index contributed by atoms with van der Waals surface area (Å²) in [5, 5.41) is 19.8. The standard InChI is InChI=1S/C15H16O5/c1-19-9-3-5-11(13(16)7-9)15(18)12-6-4-10(20-2)8-14(12)17/h3-8,11,13,16-17H,1-2H3. The fourth-order valence-corrected chi connectivity index (χ4v) is 2.04. The first-order valence-corrected chi connectivity index (χ1v) is 6.10. The second-order valence-corrected chi connectivity index (χ2v) is 4.40. The fraction of sp³-hybridized carbons (Fsp3) is 0.267. The summed E-state index contributed by atoms with van der Waals surface area (Å²) in [6.45, 7) is 0. The van der Waals surface area contributed by atoms with Gasteiger partial charge in [0.15, 0.2) is 5.78 Å². The third kappa shape index (κ3) is 2.67. The van der Waals surface area contributed by atoms with Gasteiger partial charge in [-0.25, -0.2) is 0 Å². The first kappa shape index (κ1) is 14.1. The second kappa shape index (κ2) is 5.79. The van der Waals surface area contributed by atoms with E-state index < -0.39 is 12.0 Å². The molecule has 1 aliphatic carbocycles. The van der Waals surface area contributed by atoms with Crippen molar-refractivity contribution in [2.24, 2.45) is 5.92 Å². The number of methoxy groups -OCH3 is 2. The molecule has 0 fully saturated rings. The Hall–Kier alpha value is -2.27. The second-order valence-electron chi connectivity index (χ2n) is 4.40. The normalized spacial score (nSPS) is 21.2. The highest BCUT2D eigenvalue weighted by Gasteiger charge is 2.28. The van der Waals surface area contributed by atoms with Crippen LogP contribution in [0.25, 0.3) is 0 Å². The van der Waals surface area contributed by atoms with Gasteiger partial charge in [-0.1, -0.05) is 6.08 Å². The molecule has 5 nitrogen and oxygen atoms in total. The van der Waals surface area contributed by atoms with Crippen LogP contribution in [0.4, 0.5) is 0 Å². The Kier molecular flexibility index (Phi) is 4.10. The van der Waals surface area contributed by atoms with Crippen molar-refractivity contribution >= 4 is 5.78 Å². The number of phenols is 1. The smallest absolute Gasteiger partial charge is 0.176 e. The van der Waals surface area contributed by atoms with Gasteiger partial charge in [0.25, 0.3) is 0 Å². The van der Waals surface area contributed by atoms with E-state index in [1.54, 1.807) is 18.2 Å². The van der Waals surface area contributed by atoms with Crippen molar-refractivity contribution in [1.29, 1.82) is 0 Å². The van der Waals surface area contributed by atoms with Crippen molar-refractivity contribution in [1.82, 2.24) is 0 Å². The molecule has 20 heavy (non-hydrogen) atoms. The number of phenolic OH excluding ortho intramolecular Hbond substituents is 1. The van der Waals surface area contributed by atoms with Gasteiger partial charge in [0.2, 0.25) is 0 Å². The summed E-state index contributed by atoms with van der Waals surface area (Å²) in [4.78, 5) is 12.3. The Bertz CT molecular complexity index is 574. The molecule has 0 aliphatic heterocycles. The van der Waals surface area contributed by atoms with Crippen LogP contribution < -0.4 is 4.74 Å². The van der Waals surface area contributed by atoms with Crippen molar-refractivity contribution in [2.45, 2.75) is 6.10 Å². The van der Waals surface area contributed by atoms with Gasteiger partial charge in [-0.15, -0.1) is 0 Å². The number of Topliss-reactive ketones (excluding diaryl/α,β-unsaturated/α-hetero) is 1. The molecule has 1 aromatic carbocycles. The lowest BCUT2D eigenvalue weighted by Gasteiger charge is -2.20. The number of hydrogen-bond donors (Lipinski definition) is 2. The van der Waals surface area contributed by atoms with E-state index in [0.29, 0.717) is 11.5 Å². The molecule has 0 amide bonds. The molecular formula is C15H16O5. The number of carbonyl (C=O) groups is 1. The number of rotatable bonds is 4. The van der Waals surface area contributed by atoms with Gasteiger partial charge < -0.3 is 19.7 Å². The first-order valence-electron chi connectivity index (χ1n) is 6.10. The highest BCUT2D eigenvalue weighted by atomic mass is 16.5. The predicted octanol–water partition coefficient (Wildman–Crippen LogP) is 1.66. The summed E-state index contributed by atoms with van der Waals surface area (Å²) in [7, 11) is 2.96. The van der Waals surface area contributed by atoms with Crippen LogP contribution in [-0.4, -0.2) is 36.3 Å². The monoisotopic (exact) mass is 276 g/mol. The first-order chi connectivity index (χ1) is 9.56. The lowest BCUT2D eigenvalue weighted by Crippen LogP contribution is -2.27. The van der Waals surface area contributed by atoms with Gasteiger partial charge in [-0.2, -0.15) is 0 Å². The lowest BCUT2D eigenvalue weighted by atomic mass is 9.88. The minimum atomic E-state index is -0.982. The number of ketones is 1. The molecule has 1 aliphatic rings. The Morgan fingerprint density at radius 2 is 2.00 bits per heavy atom. The van der Waals surface area contributed by atoms with Gasteiger partial charge in [0, 0.05) is 6.07 Å². The highest BCUT2D eigenvalue weighted by Crippen LogP contribution is 2.28. The zero-order valence-electron chi connectivity index (χ0n) is 11.2. The third-order valence-corrected chi connectivity index (χ3v) is 3.18. The van der Waals surface area contributed by atoms with E-state index in [4.69, 9.17) is 9.47 Å². The minimum Gasteiger partial charge on any atom is -0.507 e.